The molecule has 2 aromatic carbocycles. The van der Waals surface area contributed by atoms with Crippen molar-refractivity contribution in [1.29, 1.82) is 5.26 Å². The van der Waals surface area contributed by atoms with E-state index in [1.54, 1.807) is 42.5 Å². The third kappa shape index (κ3) is 5.08. The number of carbonyl (C=O) groups is 2. The second kappa shape index (κ2) is 8.50. The smallest absolute Gasteiger partial charge is 0.337 e. The van der Waals surface area contributed by atoms with E-state index in [0.29, 0.717) is 23.4 Å². The summed E-state index contributed by atoms with van der Waals surface area (Å²) in [5.74, 6) is -0.638. The van der Waals surface area contributed by atoms with E-state index in [9.17, 15) is 9.59 Å². The molecule has 0 radical (unpaired) electrons. The van der Waals surface area contributed by atoms with Crippen molar-refractivity contribution in [2.75, 3.05) is 24.3 Å². The van der Waals surface area contributed by atoms with Crippen LogP contribution in [0, 0.1) is 18.3 Å². The second-order valence-electron chi connectivity index (χ2n) is 5.45. The van der Waals surface area contributed by atoms with Crippen LogP contribution in [-0.2, 0) is 16.0 Å². The van der Waals surface area contributed by atoms with E-state index in [2.05, 4.69) is 16.7 Å². The van der Waals surface area contributed by atoms with Gasteiger partial charge in [0.1, 0.15) is 0 Å². The lowest BCUT2D eigenvalue weighted by Crippen LogP contribution is -2.22. The number of hydrogen-bond donors (Lipinski definition) is 2. The number of hydrogen-bond acceptors (Lipinski definition) is 5. The number of aryl methyl sites for hydroxylation is 1. The van der Waals surface area contributed by atoms with Gasteiger partial charge in [0.2, 0.25) is 5.91 Å². The maximum atomic E-state index is 12.1. The van der Waals surface area contributed by atoms with Crippen LogP contribution in [0.25, 0.3) is 0 Å². The molecule has 6 nitrogen and oxygen atoms in total. The molecule has 128 valence electrons. The molecule has 0 aromatic heterocycles. The fourth-order valence-corrected chi connectivity index (χ4v) is 2.24. The van der Waals surface area contributed by atoms with Gasteiger partial charge in [-0.15, -0.1) is 0 Å². The van der Waals surface area contributed by atoms with E-state index in [-0.39, 0.29) is 12.5 Å². The number of carbonyl (C=O) groups excluding carboxylic acids is 2. The Labute approximate surface area is 146 Å². The topological polar surface area (TPSA) is 91.2 Å². The van der Waals surface area contributed by atoms with Gasteiger partial charge in [-0.05, 0) is 42.3 Å². The number of methoxy groups -OCH3 is 1. The highest BCUT2D eigenvalue weighted by molar-refractivity contribution is 5.94. The number of nitrogens with one attached hydrogen (secondary N) is 2. The first-order valence-electron chi connectivity index (χ1n) is 7.72. The van der Waals surface area contributed by atoms with Crippen molar-refractivity contribution in [3.05, 3.63) is 59.2 Å². The van der Waals surface area contributed by atoms with Crippen molar-refractivity contribution < 1.29 is 14.3 Å². The summed E-state index contributed by atoms with van der Waals surface area (Å²) >= 11 is 0. The van der Waals surface area contributed by atoms with Crippen LogP contribution in [0.15, 0.2) is 42.5 Å². The summed E-state index contributed by atoms with van der Waals surface area (Å²) < 4.78 is 4.70. The van der Waals surface area contributed by atoms with E-state index in [0.717, 1.165) is 11.1 Å². The highest BCUT2D eigenvalue weighted by Crippen LogP contribution is 2.17. The van der Waals surface area contributed by atoms with Crippen molar-refractivity contribution in [2.45, 2.75) is 13.3 Å². The normalized spacial score (nSPS) is 9.80. The lowest BCUT2D eigenvalue weighted by Gasteiger charge is -2.11. The predicted molar refractivity (Wildman–Crippen MR) is 95.4 cm³/mol. The number of anilines is 2. The maximum absolute atomic E-state index is 12.1. The highest BCUT2D eigenvalue weighted by Gasteiger charge is 2.09. The first-order chi connectivity index (χ1) is 12.0. The van der Waals surface area contributed by atoms with Gasteiger partial charge in [0.05, 0.1) is 31.7 Å². The average molecular weight is 337 g/mol. The quantitative estimate of drug-likeness (QED) is 0.791. The monoisotopic (exact) mass is 337 g/mol. The zero-order valence-corrected chi connectivity index (χ0v) is 14.1. The maximum Gasteiger partial charge on any atom is 0.337 e. The molecule has 0 aliphatic heterocycles. The van der Waals surface area contributed by atoms with Gasteiger partial charge in [-0.2, -0.15) is 5.26 Å². The van der Waals surface area contributed by atoms with Gasteiger partial charge >= 0.3 is 5.97 Å². The Morgan fingerprint density at radius 3 is 2.52 bits per heavy atom. The van der Waals surface area contributed by atoms with Crippen LogP contribution in [0.1, 0.15) is 21.5 Å². The molecule has 0 bridgehead atoms. The summed E-state index contributed by atoms with van der Waals surface area (Å²) in [4.78, 5) is 23.6. The van der Waals surface area contributed by atoms with Gasteiger partial charge in [0.25, 0.3) is 0 Å². The molecule has 1 amide bonds. The van der Waals surface area contributed by atoms with Crippen LogP contribution in [-0.4, -0.2) is 25.5 Å². The van der Waals surface area contributed by atoms with E-state index in [1.807, 2.05) is 6.92 Å². The van der Waals surface area contributed by atoms with Crippen LogP contribution >= 0.6 is 0 Å². The molecule has 0 heterocycles. The van der Waals surface area contributed by atoms with Gasteiger partial charge in [-0.1, -0.05) is 18.2 Å². The minimum Gasteiger partial charge on any atom is -0.465 e. The van der Waals surface area contributed by atoms with Crippen molar-refractivity contribution in [3.8, 4) is 6.07 Å². The van der Waals surface area contributed by atoms with Crippen LogP contribution in [0.5, 0.6) is 0 Å². The predicted octanol–water partition coefficient (Wildman–Crippen LogP) is 2.90. The summed E-state index contributed by atoms with van der Waals surface area (Å²) in [5.41, 5.74) is 3.59. The number of ether oxygens (including phenoxy) is 1. The second-order valence-corrected chi connectivity index (χ2v) is 5.45. The van der Waals surface area contributed by atoms with Crippen molar-refractivity contribution >= 4 is 23.3 Å². The largest absolute Gasteiger partial charge is 0.465 e. The fourth-order valence-electron chi connectivity index (χ4n) is 2.24. The van der Waals surface area contributed by atoms with E-state index < -0.39 is 5.97 Å². The molecule has 0 saturated heterocycles. The third-order valence-electron chi connectivity index (χ3n) is 3.62. The first kappa shape index (κ1) is 18.0. The number of nitrogens with zero attached hydrogens (tertiary/aromatic N) is 1. The summed E-state index contributed by atoms with van der Waals surface area (Å²) in [6.07, 6.45) is 0.339. The van der Waals surface area contributed by atoms with Crippen LogP contribution in [0.3, 0.4) is 0 Å². The van der Waals surface area contributed by atoms with Gasteiger partial charge in [0.15, 0.2) is 0 Å². The van der Waals surface area contributed by atoms with E-state index in [1.165, 1.54) is 7.11 Å². The Balaban J connectivity index is 1.95. The van der Waals surface area contributed by atoms with E-state index in [4.69, 9.17) is 10.00 Å². The number of benzene rings is 2. The Morgan fingerprint density at radius 1 is 1.16 bits per heavy atom. The minimum atomic E-state index is -0.426. The number of rotatable bonds is 6. The standard InChI is InChI=1S/C19H19N3O3/c1-13-3-6-15(19(24)25-2)11-17(13)21-12-18(23)22-16-7-4-14(5-8-16)9-10-20/h3-8,11,21H,9,12H2,1-2H3,(H,22,23). The van der Waals surface area contributed by atoms with Crippen molar-refractivity contribution in [3.63, 3.8) is 0 Å². The van der Waals surface area contributed by atoms with Crippen LogP contribution in [0.4, 0.5) is 11.4 Å². The zero-order valence-electron chi connectivity index (χ0n) is 14.1. The zero-order chi connectivity index (χ0) is 18.2. The average Bonchev–Trinajstić information content (AvgIpc) is 2.62. The van der Waals surface area contributed by atoms with Gasteiger partial charge < -0.3 is 15.4 Å². The molecule has 6 heteroatoms. The molecular weight excluding hydrogens is 318 g/mol. The van der Waals surface area contributed by atoms with Crippen molar-refractivity contribution in [2.24, 2.45) is 0 Å². The lowest BCUT2D eigenvalue weighted by atomic mass is 10.1. The number of esters is 1. The third-order valence-corrected chi connectivity index (χ3v) is 3.62. The van der Waals surface area contributed by atoms with Crippen LogP contribution in [0.2, 0.25) is 0 Å². The van der Waals surface area contributed by atoms with Gasteiger partial charge in [0, 0.05) is 11.4 Å². The highest BCUT2D eigenvalue weighted by atomic mass is 16.5. The molecule has 0 aliphatic rings. The van der Waals surface area contributed by atoms with Gasteiger partial charge in [-0.3, -0.25) is 4.79 Å². The molecule has 0 spiro atoms. The summed E-state index contributed by atoms with van der Waals surface area (Å²) in [6.45, 7) is 1.95. The number of nitriles is 1. The van der Waals surface area contributed by atoms with Gasteiger partial charge in [-0.25, -0.2) is 4.79 Å². The molecule has 0 aliphatic carbocycles. The molecule has 0 fully saturated rings. The SMILES string of the molecule is COC(=O)c1ccc(C)c(NCC(=O)Nc2ccc(CC#N)cc2)c1. The summed E-state index contributed by atoms with van der Waals surface area (Å²) in [7, 11) is 1.32. The van der Waals surface area contributed by atoms with Crippen LogP contribution < -0.4 is 10.6 Å². The summed E-state index contributed by atoms with van der Waals surface area (Å²) in [5, 5.41) is 14.4. The molecular formula is C19H19N3O3. The molecule has 2 aromatic rings. The number of amides is 1. The molecule has 0 atom stereocenters. The Hall–Kier alpha value is -3.33. The Bertz CT molecular complexity index is 808. The Kier molecular flexibility index (Phi) is 6.13. The summed E-state index contributed by atoms with van der Waals surface area (Å²) in [6, 6.07) is 14.3. The lowest BCUT2D eigenvalue weighted by molar-refractivity contribution is -0.114. The molecule has 2 rings (SSSR count). The molecule has 2 N–H and O–H groups in total. The minimum absolute atomic E-state index is 0.0609. The molecule has 25 heavy (non-hydrogen) atoms. The molecule has 0 unspecified atom stereocenters. The first-order valence-corrected chi connectivity index (χ1v) is 7.72. The fraction of sp³-hybridized carbons (Fsp3) is 0.211. The van der Waals surface area contributed by atoms with E-state index >= 15 is 0 Å². The Morgan fingerprint density at radius 2 is 1.88 bits per heavy atom. The molecule has 0 saturated carbocycles. The van der Waals surface area contributed by atoms with Crippen molar-refractivity contribution in [1.82, 2.24) is 0 Å².